The average molecular weight is 1040 g/mol. The van der Waals surface area contributed by atoms with Gasteiger partial charge in [0.15, 0.2) is 18.9 Å². The number of hydrogen-bond donors (Lipinski definition) is 14. The van der Waals surface area contributed by atoms with Crippen LogP contribution in [0.15, 0.2) is 0 Å². The molecule has 1 radical (unpaired) electrons. The predicted octanol–water partition coefficient (Wildman–Crippen LogP) is -8.77. The second-order valence-corrected chi connectivity index (χ2v) is 14.3. The molecule has 15 N–H and O–H groups in total. The van der Waals surface area contributed by atoms with Gasteiger partial charge < -0.3 is 120 Å². The Labute approximate surface area is 355 Å². The third kappa shape index (κ3) is 10.1. The summed E-state index contributed by atoms with van der Waals surface area (Å²) in [6.07, 6.45) is -40.2. The number of hydrogen-bond acceptors (Lipinski definition) is 23. The van der Waals surface area contributed by atoms with Gasteiger partial charge in [0.2, 0.25) is 0 Å². The molecule has 0 aliphatic carbocycles. The molecule has 24 nitrogen and oxygen atoms in total. The van der Waals surface area contributed by atoms with E-state index in [9.17, 15) is 71.5 Å². The molecule has 10 unspecified atom stereocenters. The van der Waals surface area contributed by atoms with Crippen molar-refractivity contribution in [2.24, 2.45) is 0 Å². The standard InChI is InChI=1S/C31H54NO23.Ac/c1-7-15(38)20(43)24(12(6-36)47-7)52-30-23(46)26(18(41)11(5-35)50-30)54-28-13(32)25(17(40)10(4-34)49-28)53-31-27(21(44)16(39)9(3-33)51-31)55-29-22(45)19(42)14(37)8(2)48-29;/h7-46H,3-6H2,1-2H3;/q-1;/t7-,8?,9?,10?,11?,12?,13?,14+,15?,16-,17-,18-,19?,20+,21-,22-,23?,24-,25+,26-,27?,28-,29-,30+,31-;/m0./s1. The van der Waals surface area contributed by atoms with Crippen LogP contribution in [0.25, 0.3) is 5.73 Å². The van der Waals surface area contributed by atoms with E-state index in [-0.39, 0.29) is 44.1 Å². The van der Waals surface area contributed by atoms with Crippen LogP contribution in [0.4, 0.5) is 0 Å². The van der Waals surface area contributed by atoms with Gasteiger partial charge in [-0.25, -0.2) is 0 Å². The third-order valence-electron chi connectivity index (χ3n) is 10.6. The maximum absolute atomic E-state index is 11.3. The van der Waals surface area contributed by atoms with Gasteiger partial charge in [-0.2, -0.15) is 0 Å². The van der Waals surface area contributed by atoms with Gasteiger partial charge >= 0.3 is 0 Å². The van der Waals surface area contributed by atoms with E-state index in [1.54, 1.807) is 0 Å². The Hall–Kier alpha value is 0.482. The Morgan fingerprint density at radius 2 is 0.786 bits per heavy atom. The van der Waals surface area contributed by atoms with Gasteiger partial charge in [0, 0.05) is 44.1 Å². The van der Waals surface area contributed by atoms with Gasteiger partial charge in [0.25, 0.3) is 0 Å². The molecular weight excluding hydrogens is 981 g/mol. The van der Waals surface area contributed by atoms with Crippen molar-refractivity contribution in [3.05, 3.63) is 5.73 Å². The Balaban J connectivity index is 0.00000696. The molecule has 0 saturated carbocycles. The van der Waals surface area contributed by atoms with Crippen LogP contribution < -0.4 is 0 Å². The molecule has 0 bridgehead atoms. The molecule has 5 fully saturated rings. The summed E-state index contributed by atoms with van der Waals surface area (Å²) in [5.74, 6) is 0. The Morgan fingerprint density at radius 3 is 1.38 bits per heavy atom. The molecule has 0 amide bonds. The van der Waals surface area contributed by atoms with Crippen molar-refractivity contribution in [1.29, 1.82) is 0 Å². The van der Waals surface area contributed by atoms with Gasteiger partial charge in [0.1, 0.15) is 110 Å². The SMILES string of the molecule is CC1O[C@@H](OC2[C@H](O[C@@H]3C([NH-])[C@H](O[C@@H]4C(O)[C@@H](O[C@H]5C(CO)O[C@@H](C)C(O)[C@H]5O)OC(CO)[C@@H]4O)OC(CO)[C@@H]3O)OC(CO)[C@H](O)[C@@H]2O)[C@@H](O)C(O)[C@@H]1O.[Ac]. The second-order valence-electron chi connectivity index (χ2n) is 14.3. The molecule has 5 heterocycles. The summed E-state index contributed by atoms with van der Waals surface area (Å²) in [5, 5.41) is 147. The van der Waals surface area contributed by atoms with Crippen molar-refractivity contribution in [3.8, 4) is 0 Å². The first-order chi connectivity index (χ1) is 26.0. The van der Waals surface area contributed by atoms with Crippen LogP contribution in [0.2, 0.25) is 0 Å². The largest absolute Gasteiger partial charge is 0.668 e. The zero-order valence-electron chi connectivity index (χ0n) is 30.3. The number of aliphatic hydroxyl groups is 14. The smallest absolute Gasteiger partial charge is 0.187 e. The molecule has 56 heavy (non-hydrogen) atoms. The molecule has 5 rings (SSSR count). The Morgan fingerprint density at radius 1 is 0.375 bits per heavy atom. The first-order valence-corrected chi connectivity index (χ1v) is 17.8. The van der Waals surface area contributed by atoms with Gasteiger partial charge in [0.05, 0.1) is 44.7 Å². The van der Waals surface area contributed by atoms with Crippen LogP contribution in [0.3, 0.4) is 0 Å². The van der Waals surface area contributed by atoms with E-state index in [0.717, 1.165) is 0 Å². The van der Waals surface area contributed by atoms with Crippen LogP contribution >= 0.6 is 0 Å². The summed E-state index contributed by atoms with van der Waals surface area (Å²) in [5.41, 5.74) is 8.95. The summed E-state index contributed by atoms with van der Waals surface area (Å²) in [6, 6.07) is -1.88. The van der Waals surface area contributed by atoms with Crippen molar-refractivity contribution in [3.63, 3.8) is 0 Å². The molecule has 0 aromatic carbocycles. The minimum absolute atomic E-state index is 0. The molecule has 0 aromatic rings. The van der Waals surface area contributed by atoms with E-state index < -0.39 is 180 Å². The van der Waals surface area contributed by atoms with Crippen LogP contribution in [0.1, 0.15) is 13.8 Å². The zero-order valence-corrected chi connectivity index (χ0v) is 35.0. The molecular formula is C31H54AcNO23-. The maximum atomic E-state index is 11.3. The van der Waals surface area contributed by atoms with Crippen molar-refractivity contribution < 1.29 is 158 Å². The quantitative estimate of drug-likeness (QED) is 0.0863. The Bertz CT molecular complexity index is 1200. The second kappa shape index (κ2) is 21.0. The van der Waals surface area contributed by atoms with Gasteiger partial charge in [-0.15, -0.1) is 0 Å². The summed E-state index contributed by atoms with van der Waals surface area (Å²) in [4.78, 5) is 0. The Kier molecular flexibility index (Phi) is 18.5. The molecule has 0 aromatic heterocycles. The number of ether oxygens (including phenoxy) is 9. The molecule has 325 valence electrons. The summed E-state index contributed by atoms with van der Waals surface area (Å²) >= 11 is 0. The fourth-order valence-corrected chi connectivity index (χ4v) is 7.17. The number of rotatable bonds is 12. The minimum atomic E-state index is -2.00. The normalized spacial score (nSPS) is 53.0. The van der Waals surface area contributed by atoms with Crippen molar-refractivity contribution in [1.82, 2.24) is 0 Å². The molecule has 25 atom stereocenters. The molecule has 5 aliphatic rings. The third-order valence-corrected chi connectivity index (χ3v) is 10.6. The van der Waals surface area contributed by atoms with E-state index in [1.165, 1.54) is 13.8 Å². The fraction of sp³-hybridized carbons (Fsp3) is 1.00. The average Bonchev–Trinajstić information content (AvgIpc) is 3.17. The van der Waals surface area contributed by atoms with Crippen LogP contribution in [-0.4, -0.2) is 251 Å². The van der Waals surface area contributed by atoms with Crippen LogP contribution in [0, 0.1) is 44.1 Å². The van der Waals surface area contributed by atoms with Gasteiger partial charge in [-0.1, -0.05) is 6.04 Å². The van der Waals surface area contributed by atoms with E-state index in [0.29, 0.717) is 0 Å². The topological polar surface area (TPSA) is 390 Å². The van der Waals surface area contributed by atoms with Crippen LogP contribution in [0.5, 0.6) is 0 Å². The van der Waals surface area contributed by atoms with E-state index in [4.69, 9.17) is 48.4 Å². The number of aliphatic hydroxyl groups excluding tert-OH is 14. The van der Waals surface area contributed by atoms with E-state index in [2.05, 4.69) is 0 Å². The first-order valence-electron chi connectivity index (χ1n) is 17.8. The summed E-state index contributed by atoms with van der Waals surface area (Å²) in [7, 11) is 0. The van der Waals surface area contributed by atoms with Gasteiger partial charge in [-0.3, -0.25) is 0 Å². The summed E-state index contributed by atoms with van der Waals surface area (Å²) < 4.78 is 50.8. The molecule has 5 saturated heterocycles. The molecule has 0 spiro atoms. The minimum Gasteiger partial charge on any atom is -0.668 e. The van der Waals surface area contributed by atoms with E-state index in [1.807, 2.05) is 0 Å². The van der Waals surface area contributed by atoms with Crippen molar-refractivity contribution in [2.75, 3.05) is 26.4 Å². The first kappa shape index (κ1) is 49.1. The molecule has 5 aliphatic heterocycles. The predicted molar refractivity (Wildman–Crippen MR) is 171 cm³/mol. The summed E-state index contributed by atoms with van der Waals surface area (Å²) in [6.45, 7) is -0.591. The van der Waals surface area contributed by atoms with E-state index >= 15 is 0 Å². The van der Waals surface area contributed by atoms with Crippen LogP contribution in [-0.2, 0) is 42.6 Å². The molecule has 25 heteroatoms. The van der Waals surface area contributed by atoms with Crippen molar-refractivity contribution in [2.45, 2.75) is 167 Å². The van der Waals surface area contributed by atoms with Crippen molar-refractivity contribution >= 4 is 0 Å². The maximum Gasteiger partial charge on any atom is 0.187 e. The van der Waals surface area contributed by atoms with Gasteiger partial charge in [-0.05, 0) is 13.8 Å². The monoisotopic (exact) mass is 1040 g/mol. The fourth-order valence-electron chi connectivity index (χ4n) is 7.17. The number of nitrogens with one attached hydrogen (secondary N) is 1. The zero-order chi connectivity index (χ0) is 40.6.